The topological polar surface area (TPSA) is 17.0 Å². The monoisotopic (exact) mass is 381 g/mol. The Bertz CT molecular complexity index is 1490. The van der Waals surface area contributed by atoms with Crippen molar-refractivity contribution < 1.29 is 13.1 Å². The van der Waals surface area contributed by atoms with Gasteiger partial charge in [0.15, 0.2) is 6.20 Å². The highest BCUT2D eigenvalue weighted by Gasteiger charge is 2.17. The third kappa shape index (κ3) is 2.92. The minimum Gasteiger partial charge on any atom is -0.456 e. The smallest absolute Gasteiger partial charge is 0.213 e. The summed E-state index contributed by atoms with van der Waals surface area (Å²) in [5.74, 6) is 0. The maximum Gasteiger partial charge on any atom is 0.213 e. The first kappa shape index (κ1) is 14.6. The Labute approximate surface area is 175 Å². The molecule has 0 N–H and O–H groups in total. The number of rotatable bonds is 2. The molecule has 2 heterocycles. The standard InChI is InChI=1S/C27H24NO/c1-17-9-11-22-23-12-10-20(14-27(23)29-26(22)13-17)24-15-25(28(4)16-19(24)3)21-8-6-5-7-18(21)2/h5-16H,1-4H3/q+1/i3D3. The van der Waals surface area contributed by atoms with Crippen LogP contribution in [0.4, 0.5) is 0 Å². The van der Waals surface area contributed by atoms with Gasteiger partial charge in [-0.25, -0.2) is 4.57 Å². The summed E-state index contributed by atoms with van der Waals surface area (Å²) in [6, 6.07) is 22.3. The van der Waals surface area contributed by atoms with Crippen LogP contribution in [-0.2, 0) is 7.05 Å². The summed E-state index contributed by atoms with van der Waals surface area (Å²) < 4.78 is 32.5. The van der Waals surface area contributed by atoms with E-state index in [2.05, 4.69) is 31.2 Å². The van der Waals surface area contributed by atoms with E-state index in [-0.39, 0.29) is 0 Å². The largest absolute Gasteiger partial charge is 0.456 e. The maximum absolute atomic E-state index is 8.15. The summed E-state index contributed by atoms with van der Waals surface area (Å²) in [5.41, 5.74) is 7.76. The second kappa shape index (κ2) is 6.59. The van der Waals surface area contributed by atoms with Gasteiger partial charge in [-0.15, -0.1) is 0 Å². The molecule has 0 saturated heterocycles. The Kier molecular flexibility index (Phi) is 3.32. The molecule has 142 valence electrons. The van der Waals surface area contributed by atoms with Gasteiger partial charge in [0.05, 0.1) is 0 Å². The van der Waals surface area contributed by atoms with Crippen LogP contribution in [0, 0.1) is 20.7 Å². The first-order chi connectivity index (χ1) is 15.2. The van der Waals surface area contributed by atoms with Crippen molar-refractivity contribution in [3.8, 4) is 22.4 Å². The van der Waals surface area contributed by atoms with Crippen LogP contribution in [0.15, 0.2) is 77.3 Å². The number of fused-ring (bicyclic) bond motifs is 3. The molecule has 0 bridgehead atoms. The summed E-state index contributed by atoms with van der Waals surface area (Å²) >= 11 is 0. The highest BCUT2D eigenvalue weighted by atomic mass is 16.3. The lowest BCUT2D eigenvalue weighted by Crippen LogP contribution is -2.31. The molecule has 0 atom stereocenters. The molecular formula is C27H24NO+. The van der Waals surface area contributed by atoms with Gasteiger partial charge < -0.3 is 4.42 Å². The van der Waals surface area contributed by atoms with Crippen LogP contribution in [0.1, 0.15) is 20.8 Å². The summed E-state index contributed by atoms with van der Waals surface area (Å²) in [7, 11) is 1.89. The Morgan fingerprint density at radius 3 is 2.34 bits per heavy atom. The van der Waals surface area contributed by atoms with Crippen molar-refractivity contribution in [1.29, 1.82) is 0 Å². The van der Waals surface area contributed by atoms with Crippen LogP contribution in [0.25, 0.3) is 44.3 Å². The van der Waals surface area contributed by atoms with E-state index in [0.29, 0.717) is 11.1 Å². The average molecular weight is 382 g/mol. The molecule has 0 radical (unpaired) electrons. The van der Waals surface area contributed by atoms with Gasteiger partial charge in [-0.05, 0) is 67.2 Å². The normalized spacial score (nSPS) is 13.4. The molecule has 3 aromatic carbocycles. The molecule has 0 fully saturated rings. The molecule has 5 rings (SSSR count). The second-order valence-electron chi connectivity index (χ2n) is 7.72. The Morgan fingerprint density at radius 2 is 1.55 bits per heavy atom. The summed E-state index contributed by atoms with van der Waals surface area (Å²) in [4.78, 5) is 0. The SMILES string of the molecule is [2H]C([2H])([2H])c1c[n+](C)c(-c2ccccc2C)cc1-c1ccc2c(c1)oc1cc(C)ccc12. The van der Waals surface area contributed by atoms with Gasteiger partial charge in [0.2, 0.25) is 5.69 Å². The lowest BCUT2D eigenvalue weighted by Gasteiger charge is -2.10. The van der Waals surface area contributed by atoms with Crippen molar-refractivity contribution in [1.82, 2.24) is 0 Å². The van der Waals surface area contributed by atoms with E-state index in [1.54, 1.807) is 6.20 Å². The van der Waals surface area contributed by atoms with Gasteiger partial charge in [-0.2, -0.15) is 0 Å². The van der Waals surface area contributed by atoms with Crippen LogP contribution in [0.2, 0.25) is 0 Å². The van der Waals surface area contributed by atoms with Gasteiger partial charge in [0.1, 0.15) is 18.2 Å². The lowest BCUT2D eigenvalue weighted by molar-refractivity contribution is -0.660. The molecule has 2 heteroatoms. The van der Waals surface area contributed by atoms with E-state index in [1.807, 2.05) is 61.0 Å². The predicted octanol–water partition coefficient (Wildman–Crippen LogP) is 6.67. The van der Waals surface area contributed by atoms with Crippen molar-refractivity contribution in [3.63, 3.8) is 0 Å². The number of hydrogen-bond donors (Lipinski definition) is 0. The second-order valence-corrected chi connectivity index (χ2v) is 7.72. The van der Waals surface area contributed by atoms with Gasteiger partial charge in [0, 0.05) is 32.1 Å². The molecule has 29 heavy (non-hydrogen) atoms. The predicted molar refractivity (Wildman–Crippen MR) is 120 cm³/mol. The highest BCUT2D eigenvalue weighted by molar-refractivity contribution is 6.06. The number of hydrogen-bond acceptors (Lipinski definition) is 1. The third-order valence-electron chi connectivity index (χ3n) is 5.63. The molecule has 0 unspecified atom stereocenters. The van der Waals surface area contributed by atoms with Crippen molar-refractivity contribution in [2.45, 2.75) is 20.7 Å². The fraction of sp³-hybridized carbons (Fsp3) is 0.148. The van der Waals surface area contributed by atoms with Crippen molar-refractivity contribution >= 4 is 21.9 Å². The van der Waals surface area contributed by atoms with Crippen LogP contribution in [0.5, 0.6) is 0 Å². The molecular weight excluding hydrogens is 354 g/mol. The van der Waals surface area contributed by atoms with Gasteiger partial charge in [-0.3, -0.25) is 0 Å². The number of aromatic nitrogens is 1. The van der Waals surface area contributed by atoms with Gasteiger partial charge >= 0.3 is 0 Å². The number of pyridine rings is 1. The van der Waals surface area contributed by atoms with Gasteiger partial charge in [-0.1, -0.05) is 36.4 Å². The maximum atomic E-state index is 8.15. The molecule has 0 aliphatic heterocycles. The van der Waals surface area contributed by atoms with Crippen LogP contribution in [-0.4, -0.2) is 0 Å². The number of furan rings is 1. The van der Waals surface area contributed by atoms with Crippen molar-refractivity contribution in [3.05, 3.63) is 89.6 Å². The Morgan fingerprint density at radius 1 is 0.793 bits per heavy atom. The van der Waals surface area contributed by atoms with Gasteiger partial charge in [0.25, 0.3) is 0 Å². The number of nitrogens with zero attached hydrogens (tertiary/aromatic N) is 1. The summed E-state index contributed by atoms with van der Waals surface area (Å²) in [6.07, 6.45) is 1.73. The Hall–Kier alpha value is -3.39. The summed E-state index contributed by atoms with van der Waals surface area (Å²) in [6.45, 7) is 1.87. The molecule has 2 aromatic heterocycles. The first-order valence-corrected chi connectivity index (χ1v) is 9.76. The van der Waals surface area contributed by atoms with E-state index in [9.17, 15) is 0 Å². The summed E-state index contributed by atoms with van der Waals surface area (Å²) in [5, 5.41) is 2.09. The molecule has 0 spiro atoms. The van der Waals surface area contributed by atoms with Crippen molar-refractivity contribution in [2.24, 2.45) is 7.05 Å². The molecule has 0 aliphatic rings. The fourth-order valence-corrected chi connectivity index (χ4v) is 4.07. The van der Waals surface area contributed by atoms with Crippen molar-refractivity contribution in [2.75, 3.05) is 0 Å². The zero-order valence-electron chi connectivity index (χ0n) is 19.8. The number of benzene rings is 3. The van der Waals surface area contributed by atoms with E-state index in [1.165, 1.54) is 0 Å². The zero-order valence-corrected chi connectivity index (χ0v) is 16.8. The van der Waals surface area contributed by atoms with E-state index >= 15 is 0 Å². The molecule has 0 saturated carbocycles. The zero-order chi connectivity index (χ0) is 22.6. The quantitative estimate of drug-likeness (QED) is 0.312. The van der Waals surface area contributed by atoms with E-state index < -0.39 is 6.85 Å². The highest BCUT2D eigenvalue weighted by Crippen LogP contribution is 2.34. The lowest BCUT2D eigenvalue weighted by atomic mass is 9.97. The first-order valence-electron chi connectivity index (χ1n) is 11.3. The Balaban J connectivity index is 1.77. The van der Waals surface area contributed by atoms with Crippen LogP contribution < -0.4 is 4.57 Å². The molecule has 0 amide bonds. The molecule has 5 aromatic rings. The fourth-order valence-electron chi connectivity index (χ4n) is 4.07. The third-order valence-corrected chi connectivity index (χ3v) is 5.63. The van der Waals surface area contributed by atoms with Crippen LogP contribution in [0.3, 0.4) is 0 Å². The van der Waals surface area contributed by atoms with E-state index in [0.717, 1.165) is 49.9 Å². The number of aryl methyl sites for hydroxylation is 4. The van der Waals surface area contributed by atoms with Crippen LogP contribution >= 0.6 is 0 Å². The molecule has 0 aliphatic carbocycles. The van der Waals surface area contributed by atoms with E-state index in [4.69, 9.17) is 8.53 Å². The molecule has 2 nitrogen and oxygen atoms in total. The minimum absolute atomic E-state index is 0.323. The minimum atomic E-state index is -2.24. The average Bonchev–Trinajstić information content (AvgIpc) is 3.10.